The average molecular weight is 285 g/mol. The first kappa shape index (κ1) is 13.8. The maximum absolute atomic E-state index is 12.1. The number of carbonyl (C=O) groups excluding carboxylic acids is 1. The summed E-state index contributed by atoms with van der Waals surface area (Å²) >= 11 is 0. The molecule has 1 aromatic carbocycles. The highest BCUT2D eigenvalue weighted by Crippen LogP contribution is 2.22. The van der Waals surface area contributed by atoms with Crippen molar-refractivity contribution in [2.24, 2.45) is 0 Å². The predicted molar refractivity (Wildman–Crippen MR) is 79.0 cm³/mol. The summed E-state index contributed by atoms with van der Waals surface area (Å²) in [6, 6.07) is 9.80. The van der Waals surface area contributed by atoms with Crippen molar-refractivity contribution in [2.45, 2.75) is 25.3 Å². The summed E-state index contributed by atoms with van der Waals surface area (Å²) in [6.45, 7) is 2.40. The van der Waals surface area contributed by atoms with Crippen molar-refractivity contribution in [3.05, 3.63) is 53.7 Å². The van der Waals surface area contributed by atoms with Crippen LogP contribution in [0.25, 0.3) is 0 Å². The zero-order valence-electron chi connectivity index (χ0n) is 11.8. The van der Waals surface area contributed by atoms with Crippen molar-refractivity contribution < 1.29 is 9.21 Å². The summed E-state index contributed by atoms with van der Waals surface area (Å²) in [5.74, 6) is 0.735. The molecule has 110 valence electrons. The second kappa shape index (κ2) is 6.54. The van der Waals surface area contributed by atoms with Crippen LogP contribution in [0.2, 0.25) is 0 Å². The lowest BCUT2D eigenvalue weighted by molar-refractivity contribution is 0.0946. The minimum absolute atomic E-state index is 0.197. The number of hydrogen-bond donors (Lipinski definition) is 2. The minimum Gasteiger partial charge on any atom is -0.448 e. The van der Waals surface area contributed by atoms with Crippen molar-refractivity contribution in [3.63, 3.8) is 0 Å². The maximum Gasteiger partial charge on any atom is 0.273 e. The van der Waals surface area contributed by atoms with E-state index >= 15 is 0 Å². The molecule has 0 aliphatic carbocycles. The number of benzene rings is 1. The summed E-state index contributed by atoms with van der Waals surface area (Å²) in [5.41, 5.74) is 1.41. The zero-order chi connectivity index (χ0) is 14.5. The van der Waals surface area contributed by atoms with Crippen molar-refractivity contribution >= 4 is 5.91 Å². The molecule has 1 unspecified atom stereocenters. The largest absolute Gasteiger partial charge is 0.448 e. The van der Waals surface area contributed by atoms with E-state index in [4.69, 9.17) is 4.42 Å². The summed E-state index contributed by atoms with van der Waals surface area (Å²) in [7, 11) is 0. The molecule has 5 heteroatoms. The molecule has 1 saturated heterocycles. The van der Waals surface area contributed by atoms with Crippen molar-refractivity contribution in [1.82, 2.24) is 15.6 Å². The maximum atomic E-state index is 12.1. The highest BCUT2D eigenvalue weighted by Gasteiger charge is 2.21. The normalized spacial score (nSPS) is 18.4. The number of nitrogens with one attached hydrogen (secondary N) is 2. The number of nitrogens with zero attached hydrogens (tertiary/aromatic N) is 1. The van der Waals surface area contributed by atoms with E-state index < -0.39 is 0 Å². The fraction of sp³-hybridized carbons (Fsp3) is 0.375. The van der Waals surface area contributed by atoms with Gasteiger partial charge in [0.2, 0.25) is 0 Å². The number of aromatic nitrogens is 1. The Kier molecular flexibility index (Phi) is 4.31. The SMILES string of the molecule is O=C(NCc1ccccc1)c1coc(C2CCCNC2)n1. The van der Waals surface area contributed by atoms with E-state index in [-0.39, 0.29) is 11.8 Å². The van der Waals surface area contributed by atoms with E-state index in [1.165, 1.54) is 6.26 Å². The molecule has 2 heterocycles. The number of carbonyl (C=O) groups is 1. The van der Waals surface area contributed by atoms with Gasteiger partial charge in [0.05, 0.1) is 0 Å². The molecule has 5 nitrogen and oxygen atoms in total. The first-order valence-corrected chi connectivity index (χ1v) is 7.31. The monoisotopic (exact) mass is 285 g/mol. The lowest BCUT2D eigenvalue weighted by Gasteiger charge is -2.19. The topological polar surface area (TPSA) is 67.2 Å². The lowest BCUT2D eigenvalue weighted by Crippen LogP contribution is -2.28. The molecule has 0 saturated carbocycles. The quantitative estimate of drug-likeness (QED) is 0.902. The van der Waals surface area contributed by atoms with Crippen LogP contribution in [0.15, 0.2) is 41.0 Å². The van der Waals surface area contributed by atoms with Crippen molar-refractivity contribution in [1.29, 1.82) is 0 Å². The summed E-state index contributed by atoms with van der Waals surface area (Å²) in [5, 5.41) is 6.17. The third kappa shape index (κ3) is 3.49. The minimum atomic E-state index is -0.197. The average Bonchev–Trinajstić information content (AvgIpc) is 3.04. The first-order chi connectivity index (χ1) is 10.3. The molecule has 2 aromatic rings. The van der Waals surface area contributed by atoms with Crippen LogP contribution in [0.5, 0.6) is 0 Å². The molecule has 1 aliphatic heterocycles. The molecule has 1 aliphatic rings. The van der Waals surface area contributed by atoms with Gasteiger partial charge in [-0.05, 0) is 24.9 Å². The standard InChI is InChI=1S/C16H19N3O2/c20-15(18-9-12-5-2-1-3-6-12)14-11-21-16(19-14)13-7-4-8-17-10-13/h1-3,5-6,11,13,17H,4,7-10H2,(H,18,20). The molecule has 1 fully saturated rings. The first-order valence-electron chi connectivity index (χ1n) is 7.31. The number of rotatable bonds is 4. The van der Waals surface area contributed by atoms with Crippen LogP contribution in [-0.2, 0) is 6.54 Å². The van der Waals surface area contributed by atoms with E-state index in [1.54, 1.807) is 0 Å². The van der Waals surface area contributed by atoms with Gasteiger partial charge in [0.25, 0.3) is 5.91 Å². The number of oxazole rings is 1. The summed E-state index contributed by atoms with van der Waals surface area (Å²) in [4.78, 5) is 16.4. The molecular weight excluding hydrogens is 266 g/mol. The zero-order valence-corrected chi connectivity index (χ0v) is 11.8. The Morgan fingerprint density at radius 3 is 3.00 bits per heavy atom. The van der Waals surface area contributed by atoms with Gasteiger partial charge in [0.1, 0.15) is 6.26 Å². The second-order valence-corrected chi connectivity index (χ2v) is 5.28. The van der Waals surface area contributed by atoms with E-state index in [1.807, 2.05) is 30.3 Å². The van der Waals surface area contributed by atoms with Gasteiger partial charge in [-0.3, -0.25) is 4.79 Å². The Hall–Kier alpha value is -2.14. The van der Waals surface area contributed by atoms with Crippen LogP contribution in [0.3, 0.4) is 0 Å². The van der Waals surface area contributed by atoms with Crippen LogP contribution < -0.4 is 10.6 Å². The van der Waals surface area contributed by atoms with E-state index in [2.05, 4.69) is 15.6 Å². The Bertz CT molecular complexity index is 589. The number of piperidine rings is 1. The van der Waals surface area contributed by atoms with E-state index in [9.17, 15) is 4.79 Å². The van der Waals surface area contributed by atoms with E-state index in [0.29, 0.717) is 18.1 Å². The van der Waals surface area contributed by atoms with Crippen LogP contribution in [-0.4, -0.2) is 24.0 Å². The van der Waals surface area contributed by atoms with Gasteiger partial charge < -0.3 is 15.1 Å². The third-order valence-corrected chi connectivity index (χ3v) is 3.70. The van der Waals surface area contributed by atoms with Gasteiger partial charge in [-0.2, -0.15) is 0 Å². The van der Waals surface area contributed by atoms with Gasteiger partial charge in [-0.25, -0.2) is 4.98 Å². The van der Waals surface area contributed by atoms with Crippen molar-refractivity contribution in [2.75, 3.05) is 13.1 Å². The van der Waals surface area contributed by atoms with Crippen LogP contribution in [0.1, 0.15) is 40.7 Å². The molecule has 1 amide bonds. The predicted octanol–water partition coefficient (Wildman–Crippen LogP) is 2.07. The molecule has 21 heavy (non-hydrogen) atoms. The summed E-state index contributed by atoms with van der Waals surface area (Å²) in [6.07, 6.45) is 3.62. The Morgan fingerprint density at radius 1 is 1.38 bits per heavy atom. The molecule has 0 spiro atoms. The lowest BCUT2D eigenvalue weighted by atomic mass is 10.00. The fourth-order valence-corrected chi connectivity index (χ4v) is 2.51. The van der Waals surface area contributed by atoms with E-state index in [0.717, 1.165) is 31.5 Å². The molecular formula is C16H19N3O2. The molecule has 0 bridgehead atoms. The molecule has 3 rings (SSSR count). The Labute approximate surface area is 123 Å². The highest BCUT2D eigenvalue weighted by molar-refractivity contribution is 5.91. The van der Waals surface area contributed by atoms with Crippen LogP contribution in [0, 0.1) is 0 Å². The Morgan fingerprint density at radius 2 is 2.24 bits per heavy atom. The smallest absolute Gasteiger partial charge is 0.273 e. The fourth-order valence-electron chi connectivity index (χ4n) is 2.51. The van der Waals surface area contributed by atoms with Gasteiger partial charge in [0, 0.05) is 19.0 Å². The van der Waals surface area contributed by atoms with Gasteiger partial charge >= 0.3 is 0 Å². The van der Waals surface area contributed by atoms with Gasteiger partial charge in [0.15, 0.2) is 11.6 Å². The van der Waals surface area contributed by atoms with Gasteiger partial charge in [-0.1, -0.05) is 30.3 Å². The molecule has 1 aromatic heterocycles. The Balaban J connectivity index is 1.59. The number of amides is 1. The molecule has 2 N–H and O–H groups in total. The van der Waals surface area contributed by atoms with Gasteiger partial charge in [-0.15, -0.1) is 0 Å². The van der Waals surface area contributed by atoms with Crippen LogP contribution >= 0.6 is 0 Å². The molecule has 1 atom stereocenters. The summed E-state index contributed by atoms with van der Waals surface area (Å²) < 4.78 is 5.47. The number of hydrogen-bond acceptors (Lipinski definition) is 4. The molecule has 0 radical (unpaired) electrons. The third-order valence-electron chi connectivity index (χ3n) is 3.70. The van der Waals surface area contributed by atoms with Crippen LogP contribution in [0.4, 0.5) is 0 Å². The van der Waals surface area contributed by atoms with Crippen molar-refractivity contribution in [3.8, 4) is 0 Å². The highest BCUT2D eigenvalue weighted by atomic mass is 16.3. The second-order valence-electron chi connectivity index (χ2n) is 5.28.